The lowest BCUT2D eigenvalue weighted by molar-refractivity contribution is 0.0741. The molecule has 1 amide bonds. The van der Waals surface area contributed by atoms with Gasteiger partial charge in [-0.05, 0) is 43.1 Å². The summed E-state index contributed by atoms with van der Waals surface area (Å²) in [6.45, 7) is 3.25. The molecule has 22 heavy (non-hydrogen) atoms. The summed E-state index contributed by atoms with van der Waals surface area (Å²) in [4.78, 5) is 14.4. The van der Waals surface area contributed by atoms with Crippen molar-refractivity contribution in [3.05, 3.63) is 71.0 Å². The van der Waals surface area contributed by atoms with Gasteiger partial charge in [-0.15, -0.1) is 0 Å². The maximum absolute atomic E-state index is 13.7. The summed E-state index contributed by atoms with van der Waals surface area (Å²) >= 11 is 0. The molecule has 116 valence electrons. The molecule has 0 spiro atoms. The number of benzene rings is 2. The molecule has 2 rings (SSSR count). The van der Waals surface area contributed by atoms with Gasteiger partial charge in [-0.25, -0.2) is 4.39 Å². The summed E-state index contributed by atoms with van der Waals surface area (Å²) in [5, 5.41) is 0. The Kier molecular flexibility index (Phi) is 5.67. The number of carbonyl (C=O) groups is 1. The highest BCUT2D eigenvalue weighted by molar-refractivity contribution is 5.94. The Balaban J connectivity index is 2.19. The van der Waals surface area contributed by atoms with Crippen LogP contribution in [0.25, 0.3) is 0 Å². The average Bonchev–Trinajstić information content (AvgIpc) is 2.54. The fourth-order valence-electron chi connectivity index (χ4n) is 2.25. The second-order valence-electron chi connectivity index (χ2n) is 5.32. The molecule has 0 unspecified atom stereocenters. The van der Waals surface area contributed by atoms with Crippen molar-refractivity contribution in [3.8, 4) is 0 Å². The van der Waals surface area contributed by atoms with Gasteiger partial charge >= 0.3 is 0 Å². The molecule has 0 aliphatic heterocycles. The van der Waals surface area contributed by atoms with E-state index in [9.17, 15) is 9.18 Å². The summed E-state index contributed by atoms with van der Waals surface area (Å²) in [5.74, 6) is -0.527. The number of hydrogen-bond acceptors (Lipinski definition) is 2. The first-order valence-corrected chi connectivity index (χ1v) is 7.41. The van der Waals surface area contributed by atoms with Crippen molar-refractivity contribution in [3.63, 3.8) is 0 Å². The van der Waals surface area contributed by atoms with Crippen LogP contribution in [0.3, 0.4) is 0 Å². The zero-order valence-electron chi connectivity index (χ0n) is 12.8. The van der Waals surface area contributed by atoms with Crippen LogP contribution in [0, 0.1) is 12.7 Å². The van der Waals surface area contributed by atoms with Crippen LogP contribution < -0.4 is 5.73 Å². The lowest BCUT2D eigenvalue weighted by Gasteiger charge is -2.23. The number of aryl methyl sites for hydroxylation is 1. The van der Waals surface area contributed by atoms with Crippen LogP contribution in [0.15, 0.2) is 48.5 Å². The third-order valence-electron chi connectivity index (χ3n) is 3.55. The van der Waals surface area contributed by atoms with Crippen LogP contribution in [0.1, 0.15) is 27.9 Å². The van der Waals surface area contributed by atoms with E-state index in [4.69, 9.17) is 5.73 Å². The first-order chi connectivity index (χ1) is 10.6. The van der Waals surface area contributed by atoms with E-state index in [-0.39, 0.29) is 11.7 Å². The van der Waals surface area contributed by atoms with Gasteiger partial charge in [-0.1, -0.05) is 36.4 Å². The standard InChI is InChI=1S/C18H21FN2O/c1-14-8-9-16(12-17(14)19)18(22)21(11-5-10-20)13-15-6-3-2-4-7-15/h2-4,6-9,12H,5,10-11,13,20H2,1H3. The zero-order valence-corrected chi connectivity index (χ0v) is 12.8. The number of hydrogen-bond donors (Lipinski definition) is 1. The van der Waals surface area contributed by atoms with Crippen LogP contribution in [0.5, 0.6) is 0 Å². The fourth-order valence-corrected chi connectivity index (χ4v) is 2.25. The third-order valence-corrected chi connectivity index (χ3v) is 3.55. The number of halogens is 1. The average molecular weight is 300 g/mol. The van der Waals surface area contributed by atoms with Crippen LogP contribution in [-0.2, 0) is 6.54 Å². The molecule has 0 bridgehead atoms. The summed E-state index contributed by atoms with van der Waals surface area (Å²) in [6, 6.07) is 14.4. The van der Waals surface area contributed by atoms with Crippen LogP contribution >= 0.6 is 0 Å². The predicted octanol–water partition coefficient (Wildman–Crippen LogP) is 3.13. The van der Waals surface area contributed by atoms with E-state index in [2.05, 4.69) is 0 Å². The van der Waals surface area contributed by atoms with Gasteiger partial charge in [-0.3, -0.25) is 4.79 Å². The molecule has 0 aliphatic rings. The maximum atomic E-state index is 13.7. The van der Waals surface area contributed by atoms with Gasteiger partial charge in [-0.2, -0.15) is 0 Å². The van der Waals surface area contributed by atoms with Crippen LogP contribution in [0.4, 0.5) is 4.39 Å². The molecule has 4 heteroatoms. The first-order valence-electron chi connectivity index (χ1n) is 7.41. The smallest absolute Gasteiger partial charge is 0.254 e. The van der Waals surface area contributed by atoms with E-state index < -0.39 is 0 Å². The van der Waals surface area contributed by atoms with Crippen molar-refractivity contribution in [1.82, 2.24) is 4.90 Å². The number of nitrogens with zero attached hydrogens (tertiary/aromatic N) is 1. The second-order valence-corrected chi connectivity index (χ2v) is 5.32. The summed E-state index contributed by atoms with van der Waals surface area (Å²) < 4.78 is 13.7. The molecule has 0 saturated carbocycles. The van der Waals surface area contributed by atoms with Crippen molar-refractivity contribution >= 4 is 5.91 Å². The molecule has 0 aliphatic carbocycles. The molecule has 2 aromatic carbocycles. The van der Waals surface area contributed by atoms with E-state index in [1.807, 2.05) is 30.3 Å². The van der Waals surface area contributed by atoms with E-state index in [1.54, 1.807) is 24.0 Å². The molecule has 0 fully saturated rings. The topological polar surface area (TPSA) is 46.3 Å². The monoisotopic (exact) mass is 300 g/mol. The summed E-state index contributed by atoms with van der Waals surface area (Å²) in [7, 11) is 0. The quantitative estimate of drug-likeness (QED) is 0.891. The van der Waals surface area contributed by atoms with Crippen molar-refractivity contribution in [1.29, 1.82) is 0 Å². The zero-order chi connectivity index (χ0) is 15.9. The largest absolute Gasteiger partial charge is 0.334 e. The Morgan fingerprint density at radius 1 is 1.18 bits per heavy atom. The summed E-state index contributed by atoms with van der Waals surface area (Å²) in [5.41, 5.74) is 7.50. The molecule has 0 atom stereocenters. The van der Waals surface area contributed by atoms with Gasteiger partial charge in [0, 0.05) is 18.7 Å². The van der Waals surface area contributed by atoms with Gasteiger partial charge in [0.25, 0.3) is 5.91 Å². The highest BCUT2D eigenvalue weighted by atomic mass is 19.1. The van der Waals surface area contributed by atoms with E-state index >= 15 is 0 Å². The number of nitrogens with two attached hydrogens (primary N) is 1. The maximum Gasteiger partial charge on any atom is 0.254 e. The lowest BCUT2D eigenvalue weighted by Crippen LogP contribution is -2.32. The van der Waals surface area contributed by atoms with Crippen molar-refractivity contribution in [2.45, 2.75) is 19.9 Å². The van der Waals surface area contributed by atoms with Crippen LogP contribution in [0.2, 0.25) is 0 Å². The molecule has 0 heterocycles. The Morgan fingerprint density at radius 3 is 2.55 bits per heavy atom. The lowest BCUT2D eigenvalue weighted by atomic mass is 10.1. The van der Waals surface area contributed by atoms with Gasteiger partial charge < -0.3 is 10.6 Å². The normalized spacial score (nSPS) is 10.5. The first kappa shape index (κ1) is 16.2. The predicted molar refractivity (Wildman–Crippen MR) is 86.0 cm³/mol. The third kappa shape index (κ3) is 4.15. The van der Waals surface area contributed by atoms with Gasteiger partial charge in [0.15, 0.2) is 0 Å². The fraction of sp³-hybridized carbons (Fsp3) is 0.278. The Bertz CT molecular complexity index is 628. The van der Waals surface area contributed by atoms with Gasteiger partial charge in [0.2, 0.25) is 0 Å². The number of rotatable bonds is 6. The van der Waals surface area contributed by atoms with E-state index in [0.717, 1.165) is 5.56 Å². The van der Waals surface area contributed by atoms with E-state index in [1.165, 1.54) is 6.07 Å². The van der Waals surface area contributed by atoms with Gasteiger partial charge in [0.05, 0.1) is 0 Å². The molecule has 2 aromatic rings. The van der Waals surface area contributed by atoms with Crippen LogP contribution in [-0.4, -0.2) is 23.9 Å². The number of carbonyl (C=O) groups excluding carboxylic acids is 1. The molecule has 0 saturated heterocycles. The van der Waals surface area contributed by atoms with E-state index in [0.29, 0.717) is 37.2 Å². The number of amides is 1. The Labute approximate surface area is 130 Å². The minimum absolute atomic E-state index is 0.170. The minimum atomic E-state index is -0.357. The van der Waals surface area contributed by atoms with Gasteiger partial charge in [0.1, 0.15) is 5.82 Å². The van der Waals surface area contributed by atoms with Crippen molar-refractivity contribution in [2.75, 3.05) is 13.1 Å². The molecule has 3 nitrogen and oxygen atoms in total. The highest BCUT2D eigenvalue weighted by Gasteiger charge is 2.16. The molecule has 2 N–H and O–H groups in total. The second kappa shape index (κ2) is 7.71. The molecular formula is C18H21FN2O. The highest BCUT2D eigenvalue weighted by Crippen LogP contribution is 2.14. The van der Waals surface area contributed by atoms with Crippen molar-refractivity contribution < 1.29 is 9.18 Å². The molecule has 0 aromatic heterocycles. The summed E-state index contributed by atoms with van der Waals surface area (Å²) in [6.07, 6.45) is 0.715. The SMILES string of the molecule is Cc1ccc(C(=O)N(CCCN)Cc2ccccc2)cc1F. The molecule has 0 radical (unpaired) electrons. The Morgan fingerprint density at radius 2 is 1.91 bits per heavy atom. The Hall–Kier alpha value is -2.20. The van der Waals surface area contributed by atoms with Crippen molar-refractivity contribution in [2.24, 2.45) is 5.73 Å². The molecular weight excluding hydrogens is 279 g/mol. The minimum Gasteiger partial charge on any atom is -0.334 e.